The van der Waals surface area contributed by atoms with Gasteiger partial charge in [-0.2, -0.15) is 5.26 Å². The van der Waals surface area contributed by atoms with Crippen molar-refractivity contribution >= 4 is 23.1 Å². The van der Waals surface area contributed by atoms with Gasteiger partial charge in [-0.15, -0.1) is 0 Å². The quantitative estimate of drug-likeness (QED) is 0.279. The lowest BCUT2D eigenvalue weighted by Gasteiger charge is -2.26. The van der Waals surface area contributed by atoms with Crippen LogP contribution >= 0.6 is 0 Å². The molecule has 1 aliphatic heterocycles. The summed E-state index contributed by atoms with van der Waals surface area (Å²) >= 11 is 0. The SMILES string of the molecule is CCCOc1cccc(C2/C(=C(\O)c3cc(C)ccc3OC)C(=O)C(=O)N2c2ccc(C#N)cc2)c1. The Balaban J connectivity index is 1.95. The van der Waals surface area contributed by atoms with Crippen molar-refractivity contribution in [2.75, 3.05) is 18.6 Å². The standard InChI is InChI=1S/C29H26N2O5/c1-4-14-36-22-7-5-6-20(16-22)26-25(27(32)23-15-18(2)8-13-24(23)35-3)28(33)29(34)31(26)21-11-9-19(17-30)10-12-21/h5-13,15-16,26,32H,4,14H2,1-3H3/b27-25+. The molecule has 1 unspecified atom stereocenters. The molecule has 0 aromatic heterocycles. The molecule has 1 atom stereocenters. The van der Waals surface area contributed by atoms with E-state index in [9.17, 15) is 20.0 Å². The Morgan fingerprint density at radius 1 is 1.08 bits per heavy atom. The van der Waals surface area contributed by atoms with Gasteiger partial charge in [0.25, 0.3) is 11.7 Å². The second-order valence-electron chi connectivity index (χ2n) is 8.45. The third-order valence-corrected chi connectivity index (χ3v) is 5.98. The molecule has 1 N–H and O–H groups in total. The van der Waals surface area contributed by atoms with Gasteiger partial charge < -0.3 is 14.6 Å². The first-order valence-corrected chi connectivity index (χ1v) is 11.6. The Hall–Kier alpha value is -4.57. The molecule has 1 saturated heterocycles. The summed E-state index contributed by atoms with van der Waals surface area (Å²) in [6.07, 6.45) is 0.821. The topological polar surface area (TPSA) is 99.9 Å². The van der Waals surface area contributed by atoms with E-state index in [4.69, 9.17) is 9.47 Å². The Labute approximate surface area is 209 Å². The van der Waals surface area contributed by atoms with Gasteiger partial charge >= 0.3 is 0 Å². The van der Waals surface area contributed by atoms with Crippen molar-refractivity contribution in [3.8, 4) is 17.6 Å². The molecule has 1 fully saturated rings. The minimum absolute atomic E-state index is 0.0547. The molecule has 0 saturated carbocycles. The summed E-state index contributed by atoms with van der Waals surface area (Å²) in [6.45, 7) is 4.37. The van der Waals surface area contributed by atoms with Gasteiger partial charge in [0.2, 0.25) is 0 Å². The molecular weight excluding hydrogens is 456 g/mol. The number of methoxy groups -OCH3 is 1. The number of ketones is 1. The van der Waals surface area contributed by atoms with E-state index in [0.29, 0.717) is 40.5 Å². The number of carbonyl (C=O) groups is 2. The lowest BCUT2D eigenvalue weighted by Crippen LogP contribution is -2.29. The molecule has 4 rings (SSSR count). The summed E-state index contributed by atoms with van der Waals surface area (Å²) < 4.78 is 11.2. The molecule has 36 heavy (non-hydrogen) atoms. The molecule has 7 nitrogen and oxygen atoms in total. The van der Waals surface area contributed by atoms with Gasteiger partial charge in [0.05, 0.1) is 42.5 Å². The van der Waals surface area contributed by atoms with Crippen LogP contribution in [-0.2, 0) is 9.59 Å². The smallest absolute Gasteiger partial charge is 0.300 e. The summed E-state index contributed by atoms with van der Waals surface area (Å²) in [6, 6.07) is 19.9. The van der Waals surface area contributed by atoms with Crippen LogP contribution in [0.3, 0.4) is 0 Å². The predicted octanol–water partition coefficient (Wildman–Crippen LogP) is 5.29. The molecule has 7 heteroatoms. The van der Waals surface area contributed by atoms with Crippen molar-refractivity contribution < 1.29 is 24.2 Å². The number of nitriles is 1. The molecule has 3 aromatic rings. The highest BCUT2D eigenvalue weighted by Crippen LogP contribution is 2.44. The van der Waals surface area contributed by atoms with E-state index < -0.39 is 17.7 Å². The number of aliphatic hydroxyl groups is 1. The van der Waals surface area contributed by atoms with E-state index in [-0.39, 0.29) is 11.3 Å². The van der Waals surface area contributed by atoms with Gasteiger partial charge in [0, 0.05) is 5.69 Å². The second-order valence-corrected chi connectivity index (χ2v) is 8.45. The fraction of sp³-hybridized carbons (Fsp3) is 0.207. The molecule has 3 aromatic carbocycles. The summed E-state index contributed by atoms with van der Waals surface area (Å²) in [7, 11) is 1.48. The van der Waals surface area contributed by atoms with Crippen molar-refractivity contribution in [3.63, 3.8) is 0 Å². The number of rotatable bonds is 7. The summed E-state index contributed by atoms with van der Waals surface area (Å²) in [5, 5.41) is 20.6. The number of anilines is 1. The molecule has 0 radical (unpaired) electrons. The van der Waals surface area contributed by atoms with Gasteiger partial charge in [-0.25, -0.2) is 0 Å². The van der Waals surface area contributed by atoms with Crippen LogP contribution in [0.2, 0.25) is 0 Å². The maximum absolute atomic E-state index is 13.4. The van der Waals surface area contributed by atoms with E-state index in [1.165, 1.54) is 12.0 Å². The average molecular weight is 483 g/mol. The fourth-order valence-electron chi connectivity index (χ4n) is 4.26. The number of nitrogens with zero attached hydrogens (tertiary/aromatic N) is 2. The Bertz CT molecular complexity index is 1390. The molecular formula is C29H26N2O5. The van der Waals surface area contributed by atoms with E-state index in [2.05, 4.69) is 6.07 Å². The molecule has 0 bridgehead atoms. The lowest BCUT2D eigenvalue weighted by atomic mass is 9.94. The molecule has 1 amide bonds. The molecule has 0 aliphatic carbocycles. The summed E-state index contributed by atoms with van der Waals surface area (Å²) in [4.78, 5) is 28.1. The highest BCUT2D eigenvalue weighted by molar-refractivity contribution is 6.51. The number of Topliss-reactive ketones (excluding diaryl/α,β-unsaturated/α-hetero) is 1. The molecule has 0 spiro atoms. The van der Waals surface area contributed by atoms with Gasteiger partial charge in [-0.3, -0.25) is 14.5 Å². The van der Waals surface area contributed by atoms with Crippen LogP contribution in [0, 0.1) is 18.3 Å². The number of aryl methyl sites for hydroxylation is 1. The highest BCUT2D eigenvalue weighted by atomic mass is 16.5. The molecule has 182 valence electrons. The van der Waals surface area contributed by atoms with Gasteiger partial charge in [0.1, 0.15) is 17.3 Å². The number of benzene rings is 3. The number of hydrogen-bond donors (Lipinski definition) is 1. The third-order valence-electron chi connectivity index (χ3n) is 5.98. The number of carbonyl (C=O) groups excluding carboxylic acids is 2. The number of aliphatic hydroxyl groups excluding tert-OH is 1. The van der Waals surface area contributed by atoms with Crippen LogP contribution in [-0.4, -0.2) is 30.5 Å². The van der Waals surface area contributed by atoms with Crippen molar-refractivity contribution in [1.82, 2.24) is 0 Å². The normalized spacial score (nSPS) is 16.6. The zero-order valence-corrected chi connectivity index (χ0v) is 20.3. The van der Waals surface area contributed by atoms with Crippen molar-refractivity contribution in [3.05, 3.63) is 94.6 Å². The first-order chi connectivity index (χ1) is 17.4. The first-order valence-electron chi connectivity index (χ1n) is 11.6. The van der Waals surface area contributed by atoms with Gasteiger partial charge in [-0.05, 0) is 67.4 Å². The van der Waals surface area contributed by atoms with Crippen LogP contribution < -0.4 is 14.4 Å². The van der Waals surface area contributed by atoms with Crippen LogP contribution in [0.25, 0.3) is 5.76 Å². The van der Waals surface area contributed by atoms with E-state index in [1.54, 1.807) is 60.7 Å². The maximum Gasteiger partial charge on any atom is 0.300 e. The number of ether oxygens (including phenoxy) is 2. The van der Waals surface area contributed by atoms with Crippen molar-refractivity contribution in [2.24, 2.45) is 0 Å². The largest absolute Gasteiger partial charge is 0.507 e. The van der Waals surface area contributed by atoms with E-state index >= 15 is 0 Å². The van der Waals surface area contributed by atoms with Crippen molar-refractivity contribution in [1.29, 1.82) is 5.26 Å². The maximum atomic E-state index is 13.4. The zero-order valence-electron chi connectivity index (χ0n) is 20.3. The van der Waals surface area contributed by atoms with E-state index in [1.807, 2.05) is 19.9 Å². The Morgan fingerprint density at radius 2 is 1.83 bits per heavy atom. The van der Waals surface area contributed by atoms with Crippen LogP contribution in [0.5, 0.6) is 11.5 Å². The van der Waals surface area contributed by atoms with Crippen LogP contribution in [0.4, 0.5) is 5.69 Å². The zero-order chi connectivity index (χ0) is 25.8. The Morgan fingerprint density at radius 3 is 2.50 bits per heavy atom. The van der Waals surface area contributed by atoms with E-state index in [0.717, 1.165) is 12.0 Å². The minimum Gasteiger partial charge on any atom is -0.507 e. The lowest BCUT2D eigenvalue weighted by molar-refractivity contribution is -0.132. The van der Waals surface area contributed by atoms with Crippen molar-refractivity contribution in [2.45, 2.75) is 26.3 Å². The molecule has 1 heterocycles. The summed E-state index contributed by atoms with van der Waals surface area (Å²) in [5.74, 6) is -0.952. The van der Waals surface area contributed by atoms with Crippen LogP contribution in [0.15, 0.2) is 72.3 Å². The molecule has 1 aliphatic rings. The number of amides is 1. The van der Waals surface area contributed by atoms with Gasteiger partial charge in [0.15, 0.2) is 0 Å². The third kappa shape index (κ3) is 4.53. The fourth-order valence-corrected chi connectivity index (χ4v) is 4.26. The van der Waals surface area contributed by atoms with Crippen LogP contribution in [0.1, 0.15) is 41.6 Å². The van der Waals surface area contributed by atoms with Gasteiger partial charge in [-0.1, -0.05) is 30.7 Å². The average Bonchev–Trinajstić information content (AvgIpc) is 3.17. The predicted molar refractivity (Wildman–Crippen MR) is 136 cm³/mol. The minimum atomic E-state index is -0.923. The Kier molecular flexibility index (Phi) is 7.07. The second kappa shape index (κ2) is 10.4. The monoisotopic (exact) mass is 482 g/mol. The highest BCUT2D eigenvalue weighted by Gasteiger charge is 2.47. The summed E-state index contributed by atoms with van der Waals surface area (Å²) in [5.41, 5.74) is 2.56. The number of hydrogen-bond acceptors (Lipinski definition) is 6. The first kappa shape index (κ1) is 24.6.